The van der Waals surface area contributed by atoms with E-state index in [0.29, 0.717) is 18.7 Å². The molecule has 0 unspecified atom stereocenters. The first-order valence-electron chi connectivity index (χ1n) is 10.3. The third kappa shape index (κ3) is 4.53. The fourth-order valence-corrected chi connectivity index (χ4v) is 4.04. The topological polar surface area (TPSA) is 45.7 Å². The molecule has 0 radical (unpaired) electrons. The van der Waals surface area contributed by atoms with E-state index in [1.807, 2.05) is 38.1 Å². The fraction of sp³-hybridized carbons (Fsp3) is 0.565. The van der Waals surface area contributed by atoms with E-state index in [1.54, 1.807) is 0 Å². The summed E-state index contributed by atoms with van der Waals surface area (Å²) in [6, 6.07) is 8.03. The molecule has 1 aliphatic rings. The average Bonchev–Trinajstić information content (AvgIpc) is 2.88. The zero-order valence-corrected chi connectivity index (χ0v) is 17.9. The van der Waals surface area contributed by atoms with Crippen molar-refractivity contribution in [3.8, 4) is 0 Å². The van der Waals surface area contributed by atoms with Crippen LogP contribution in [0.2, 0.25) is 0 Å². The van der Waals surface area contributed by atoms with Gasteiger partial charge in [-0.2, -0.15) is 0 Å². The van der Waals surface area contributed by atoms with Gasteiger partial charge in [0.1, 0.15) is 0 Å². The fourth-order valence-electron chi connectivity index (χ4n) is 4.04. The van der Waals surface area contributed by atoms with Gasteiger partial charge in [0, 0.05) is 30.6 Å². The number of carbonyl (C=O) groups is 1. The molecule has 152 valence electrons. The minimum atomic E-state index is -0.264. The quantitative estimate of drug-likeness (QED) is 0.746. The molecule has 0 aliphatic carbocycles. The predicted molar refractivity (Wildman–Crippen MR) is 114 cm³/mol. The molecule has 1 aromatic carbocycles. The van der Waals surface area contributed by atoms with E-state index in [2.05, 4.69) is 30.6 Å². The van der Waals surface area contributed by atoms with Crippen molar-refractivity contribution in [1.82, 2.24) is 14.8 Å². The van der Waals surface area contributed by atoms with Crippen LogP contribution in [-0.2, 0) is 11.3 Å². The van der Waals surface area contributed by atoms with Crippen LogP contribution in [0.15, 0.2) is 24.3 Å². The predicted octanol–water partition coefficient (Wildman–Crippen LogP) is 4.03. The lowest BCUT2D eigenvalue weighted by molar-refractivity contribution is 0.0522. The largest absolute Gasteiger partial charge is 0.462 e. The van der Waals surface area contributed by atoms with Crippen LogP contribution in [0.4, 0.5) is 0 Å². The first-order chi connectivity index (χ1) is 13.3. The highest BCUT2D eigenvalue weighted by molar-refractivity contribution is 5.98. The van der Waals surface area contributed by atoms with Gasteiger partial charge in [-0.1, -0.05) is 18.2 Å². The third-order valence-corrected chi connectivity index (χ3v) is 5.62. The molecule has 1 saturated heterocycles. The maximum Gasteiger partial charge on any atom is 0.340 e. The Morgan fingerprint density at radius 1 is 1.14 bits per heavy atom. The van der Waals surface area contributed by atoms with Crippen molar-refractivity contribution in [2.75, 3.05) is 32.8 Å². The molecule has 28 heavy (non-hydrogen) atoms. The second-order valence-corrected chi connectivity index (χ2v) is 8.58. The Kier molecular flexibility index (Phi) is 6.36. The minimum Gasteiger partial charge on any atom is -0.462 e. The molecule has 1 aromatic heterocycles. The summed E-state index contributed by atoms with van der Waals surface area (Å²) in [5.41, 5.74) is 3.56. The van der Waals surface area contributed by atoms with Crippen molar-refractivity contribution in [2.24, 2.45) is 0 Å². The van der Waals surface area contributed by atoms with Crippen molar-refractivity contribution in [3.63, 3.8) is 0 Å². The van der Waals surface area contributed by atoms with Gasteiger partial charge >= 0.3 is 5.97 Å². The van der Waals surface area contributed by atoms with Crippen molar-refractivity contribution in [1.29, 1.82) is 0 Å². The summed E-state index contributed by atoms with van der Waals surface area (Å²) in [7, 11) is 0. The second kappa shape index (κ2) is 8.58. The zero-order valence-electron chi connectivity index (χ0n) is 17.9. The number of aromatic nitrogens is 1. The maximum atomic E-state index is 12.7. The van der Waals surface area contributed by atoms with E-state index < -0.39 is 0 Å². The molecule has 1 aliphatic heterocycles. The molecule has 2 aromatic rings. The number of esters is 1. The summed E-state index contributed by atoms with van der Waals surface area (Å²) in [4.78, 5) is 22.6. The number of nitrogens with zero attached hydrogens (tertiary/aromatic N) is 3. The average molecular weight is 384 g/mol. The molecule has 0 N–H and O–H groups in total. The summed E-state index contributed by atoms with van der Waals surface area (Å²) in [5, 5.41) is 1.02. The lowest BCUT2D eigenvalue weighted by atomic mass is 10.0. The van der Waals surface area contributed by atoms with Gasteiger partial charge in [-0.25, -0.2) is 4.79 Å². The van der Waals surface area contributed by atoms with Crippen molar-refractivity contribution < 1.29 is 9.53 Å². The van der Waals surface area contributed by atoms with Crippen LogP contribution < -0.4 is 0 Å². The molecule has 0 spiro atoms. The number of para-hydroxylation sites is 1. The van der Waals surface area contributed by atoms with E-state index in [4.69, 9.17) is 9.72 Å². The number of hydrogen-bond acceptors (Lipinski definition) is 5. The first-order valence-corrected chi connectivity index (χ1v) is 10.3. The first kappa shape index (κ1) is 20.7. The molecule has 0 bridgehead atoms. The van der Waals surface area contributed by atoms with Crippen LogP contribution in [0.25, 0.3) is 10.9 Å². The summed E-state index contributed by atoms with van der Waals surface area (Å²) >= 11 is 0. The van der Waals surface area contributed by atoms with Crippen LogP contribution in [0.5, 0.6) is 0 Å². The number of benzene rings is 1. The highest BCUT2D eigenvalue weighted by Gasteiger charge is 2.26. The van der Waals surface area contributed by atoms with Gasteiger partial charge in [-0.05, 0) is 65.8 Å². The highest BCUT2D eigenvalue weighted by atomic mass is 16.5. The molecule has 3 rings (SSSR count). The Hall–Kier alpha value is -1.98. The Morgan fingerprint density at radius 2 is 1.89 bits per heavy atom. The van der Waals surface area contributed by atoms with E-state index in [9.17, 15) is 4.79 Å². The molecule has 0 atom stereocenters. The number of hydrogen-bond donors (Lipinski definition) is 0. The van der Waals surface area contributed by atoms with Gasteiger partial charge in [-0.15, -0.1) is 0 Å². The van der Waals surface area contributed by atoms with Crippen LogP contribution in [0.1, 0.15) is 55.7 Å². The van der Waals surface area contributed by atoms with Gasteiger partial charge in [0.15, 0.2) is 0 Å². The Labute approximate surface area is 168 Å². The standard InChI is InChI=1S/C23H33N3O2/c1-6-28-22(27)21-17(2)18-10-7-8-11-19(18)24-20(21)16-25-12-9-13-26(15-14-25)23(3,4)5/h7-8,10-11H,6,9,12-16H2,1-5H3. The molecule has 0 amide bonds. The molecular weight excluding hydrogens is 350 g/mol. The van der Waals surface area contributed by atoms with Crippen molar-refractivity contribution in [3.05, 3.63) is 41.1 Å². The minimum absolute atomic E-state index is 0.184. The summed E-state index contributed by atoms with van der Waals surface area (Å²) < 4.78 is 5.37. The monoisotopic (exact) mass is 383 g/mol. The van der Waals surface area contributed by atoms with Gasteiger partial charge in [-0.3, -0.25) is 14.8 Å². The smallest absolute Gasteiger partial charge is 0.340 e. The van der Waals surface area contributed by atoms with Crippen molar-refractivity contribution >= 4 is 16.9 Å². The number of ether oxygens (including phenoxy) is 1. The van der Waals surface area contributed by atoms with Crippen LogP contribution in [0.3, 0.4) is 0 Å². The van der Waals surface area contributed by atoms with E-state index in [1.165, 1.54) is 0 Å². The number of aryl methyl sites for hydroxylation is 1. The SMILES string of the molecule is CCOC(=O)c1c(CN2CCCN(C(C)(C)C)CC2)nc2ccccc2c1C. The van der Waals surface area contributed by atoms with E-state index >= 15 is 0 Å². The van der Waals surface area contributed by atoms with E-state index in [0.717, 1.165) is 54.8 Å². The van der Waals surface area contributed by atoms with Crippen LogP contribution in [0, 0.1) is 6.92 Å². The van der Waals surface area contributed by atoms with Gasteiger partial charge in [0.25, 0.3) is 0 Å². The lowest BCUT2D eigenvalue weighted by Crippen LogP contribution is -2.43. The second-order valence-electron chi connectivity index (χ2n) is 8.58. The van der Waals surface area contributed by atoms with Gasteiger partial charge in [0.05, 0.1) is 23.4 Å². The highest BCUT2D eigenvalue weighted by Crippen LogP contribution is 2.25. The summed E-state index contributed by atoms with van der Waals surface area (Å²) in [6.07, 6.45) is 1.12. The molecule has 5 heteroatoms. The number of rotatable bonds is 4. The summed E-state index contributed by atoms with van der Waals surface area (Å²) in [5.74, 6) is -0.264. The molecule has 1 fully saturated rings. The molecule has 5 nitrogen and oxygen atoms in total. The van der Waals surface area contributed by atoms with Gasteiger partial charge < -0.3 is 4.74 Å². The third-order valence-electron chi connectivity index (χ3n) is 5.62. The Balaban J connectivity index is 1.91. The molecule has 2 heterocycles. The lowest BCUT2D eigenvalue weighted by Gasteiger charge is -2.34. The van der Waals surface area contributed by atoms with Crippen LogP contribution in [-0.4, -0.2) is 59.1 Å². The van der Waals surface area contributed by atoms with Crippen LogP contribution >= 0.6 is 0 Å². The normalized spacial score (nSPS) is 16.9. The Morgan fingerprint density at radius 3 is 2.61 bits per heavy atom. The number of carbonyl (C=O) groups excluding carboxylic acids is 1. The number of fused-ring (bicyclic) bond motifs is 1. The molecular formula is C23H33N3O2. The Bertz CT molecular complexity index is 842. The van der Waals surface area contributed by atoms with E-state index in [-0.39, 0.29) is 11.5 Å². The maximum absolute atomic E-state index is 12.7. The van der Waals surface area contributed by atoms with Crippen molar-refractivity contribution in [2.45, 2.75) is 53.1 Å². The number of pyridine rings is 1. The molecule has 0 saturated carbocycles. The van der Waals surface area contributed by atoms with Gasteiger partial charge in [0.2, 0.25) is 0 Å². The summed E-state index contributed by atoms with van der Waals surface area (Å²) in [6.45, 7) is 15.9. The zero-order chi connectivity index (χ0) is 20.3.